The van der Waals surface area contributed by atoms with E-state index in [0.29, 0.717) is 12.0 Å². The van der Waals surface area contributed by atoms with Gasteiger partial charge in [0, 0.05) is 42.3 Å². The van der Waals surface area contributed by atoms with Crippen molar-refractivity contribution in [1.82, 2.24) is 15.2 Å². The Bertz CT molecular complexity index is 962. The number of carbonyl (C=O) groups is 1. The van der Waals surface area contributed by atoms with Crippen molar-refractivity contribution < 1.29 is 14.5 Å². The van der Waals surface area contributed by atoms with Gasteiger partial charge in [-0.15, -0.1) is 0 Å². The van der Waals surface area contributed by atoms with E-state index in [1.54, 1.807) is 19.3 Å². The van der Waals surface area contributed by atoms with Gasteiger partial charge in [0.1, 0.15) is 20.1 Å². The molecular weight excluding hydrogens is 452 g/mol. The maximum Gasteiger partial charge on any atom is 0.273 e. The van der Waals surface area contributed by atoms with E-state index in [0.717, 1.165) is 17.8 Å². The molecule has 0 spiro atoms. The summed E-state index contributed by atoms with van der Waals surface area (Å²) in [6.07, 6.45) is 9.30. The average molecular weight is 487 g/mol. The number of hydrazone groups is 1. The summed E-state index contributed by atoms with van der Waals surface area (Å²) in [6.45, 7) is 5.59. The van der Waals surface area contributed by atoms with Crippen molar-refractivity contribution in [1.29, 1.82) is 0 Å². The lowest BCUT2D eigenvalue weighted by atomic mass is 10.0. The molecule has 1 aromatic rings. The lowest BCUT2D eigenvalue weighted by Gasteiger charge is -2.24. The van der Waals surface area contributed by atoms with Crippen LogP contribution in [0.4, 0.5) is 0 Å². The number of allylic oxidation sites excluding steroid dienone is 2. The Labute approximate surface area is 205 Å². The Balaban J connectivity index is 1.53. The largest absolute Gasteiger partial charge is 0.398 e. The van der Waals surface area contributed by atoms with Gasteiger partial charge >= 0.3 is 0 Å². The predicted octanol–water partition coefficient (Wildman–Crippen LogP) is 4.08. The van der Waals surface area contributed by atoms with Crippen molar-refractivity contribution >= 4 is 35.9 Å². The summed E-state index contributed by atoms with van der Waals surface area (Å²) in [6, 6.07) is 7.39. The van der Waals surface area contributed by atoms with Gasteiger partial charge in [-0.1, -0.05) is 72.5 Å². The highest BCUT2D eigenvalue weighted by atomic mass is 32.2. The third kappa shape index (κ3) is 6.31. The second-order valence-corrected chi connectivity index (χ2v) is 9.22. The van der Waals surface area contributed by atoms with Crippen LogP contribution in [0.5, 0.6) is 0 Å². The van der Waals surface area contributed by atoms with Gasteiger partial charge in [-0.25, -0.2) is 5.01 Å². The van der Waals surface area contributed by atoms with Crippen LogP contribution in [0.25, 0.3) is 0 Å². The molecule has 0 saturated carbocycles. The lowest BCUT2D eigenvalue weighted by Crippen LogP contribution is -2.34. The molecule has 1 unspecified atom stereocenters. The Kier molecular flexibility index (Phi) is 9.81. The van der Waals surface area contributed by atoms with Crippen LogP contribution >= 0.6 is 11.8 Å². The van der Waals surface area contributed by atoms with Gasteiger partial charge < -0.3 is 19.9 Å². The Morgan fingerprint density at radius 1 is 1.29 bits per heavy atom. The summed E-state index contributed by atoms with van der Waals surface area (Å²) >= 11 is 1.83. The molecule has 2 heterocycles. The zero-order valence-electron chi connectivity index (χ0n) is 20.4. The quantitative estimate of drug-likeness (QED) is 0.257. The number of amides is 1. The molecule has 2 aliphatic rings. The highest BCUT2D eigenvalue weighted by Gasteiger charge is 2.37. The van der Waals surface area contributed by atoms with Gasteiger partial charge in [-0.05, 0) is 13.3 Å². The minimum absolute atomic E-state index is 0.189. The van der Waals surface area contributed by atoms with Crippen molar-refractivity contribution in [2.45, 2.75) is 58.1 Å². The van der Waals surface area contributed by atoms with E-state index in [-0.39, 0.29) is 23.7 Å². The summed E-state index contributed by atoms with van der Waals surface area (Å²) in [7, 11) is 2.96. The number of benzene rings is 1. The number of rotatable bonds is 13. The maximum absolute atomic E-state index is 12.2. The molecule has 10 heteroatoms. The van der Waals surface area contributed by atoms with Gasteiger partial charge in [0.05, 0.1) is 5.70 Å². The summed E-state index contributed by atoms with van der Waals surface area (Å²) in [5, 5.41) is 17.3. The Hall–Kier alpha value is -3.01. The van der Waals surface area contributed by atoms with Crippen LogP contribution in [0.3, 0.4) is 0 Å². The molecule has 0 radical (unpaired) electrons. The standard InChI is InChI=1S/C24H34N6O3S/c1-5-6-7-10-15-29-17-26-30-21(18(2)34-24(29)30)13-14-27-33-16-19-11-8-9-12-20(19)22(28-32-4)23(31)25-3/h8-9,11-12,14,17,24H,5-7,10,13,15-16H2,1-4H3,(H,25,31)/b27-14?,28-22+. The molecule has 3 rings (SSSR count). The fourth-order valence-corrected chi connectivity index (χ4v) is 5.00. The molecule has 1 N–H and O–H groups in total. The van der Waals surface area contributed by atoms with E-state index in [1.165, 1.54) is 37.7 Å². The van der Waals surface area contributed by atoms with Crippen LogP contribution in [-0.2, 0) is 21.1 Å². The molecule has 0 aliphatic carbocycles. The summed E-state index contributed by atoms with van der Waals surface area (Å²) in [5.74, 6) is -0.334. The second kappa shape index (κ2) is 13.0. The smallest absolute Gasteiger partial charge is 0.273 e. The summed E-state index contributed by atoms with van der Waals surface area (Å²) in [4.78, 5) is 26.2. The predicted molar refractivity (Wildman–Crippen MR) is 137 cm³/mol. The number of likely N-dealkylation sites (N-methyl/N-ethyl adjacent to an activating group) is 1. The van der Waals surface area contributed by atoms with Crippen molar-refractivity contribution in [2.24, 2.45) is 15.4 Å². The first-order chi connectivity index (χ1) is 16.6. The number of hydrogen-bond acceptors (Lipinski definition) is 9. The van der Waals surface area contributed by atoms with Gasteiger partial charge in [-0.2, -0.15) is 5.10 Å². The molecule has 2 aliphatic heterocycles. The van der Waals surface area contributed by atoms with Crippen LogP contribution in [0.15, 0.2) is 50.3 Å². The molecule has 0 fully saturated rings. The topological polar surface area (TPSA) is 91.1 Å². The lowest BCUT2D eigenvalue weighted by molar-refractivity contribution is -0.114. The third-order valence-corrected chi connectivity index (χ3v) is 6.87. The minimum atomic E-state index is -0.334. The first kappa shape index (κ1) is 25.6. The van der Waals surface area contributed by atoms with Crippen LogP contribution in [0.2, 0.25) is 0 Å². The monoisotopic (exact) mass is 486 g/mol. The Morgan fingerprint density at radius 3 is 2.88 bits per heavy atom. The zero-order chi connectivity index (χ0) is 24.3. The van der Waals surface area contributed by atoms with E-state index < -0.39 is 0 Å². The molecule has 9 nitrogen and oxygen atoms in total. The zero-order valence-corrected chi connectivity index (χ0v) is 21.2. The number of thioether (sulfide) groups is 1. The highest BCUT2D eigenvalue weighted by molar-refractivity contribution is 8.03. The SMILES string of the molecule is CCCCCCN1C=NN2C(CC=NOCc3ccccc3/C(=N\OC)C(=O)NC)=C(C)SC12. The van der Waals surface area contributed by atoms with Gasteiger partial charge in [0.2, 0.25) is 0 Å². The number of fused-ring (bicyclic) bond motifs is 1. The number of carbonyl (C=O) groups excluding carboxylic acids is 1. The van der Waals surface area contributed by atoms with Crippen molar-refractivity contribution in [3.8, 4) is 0 Å². The number of nitrogens with zero attached hydrogens (tertiary/aromatic N) is 5. The van der Waals surface area contributed by atoms with Crippen LogP contribution in [0.1, 0.15) is 57.1 Å². The van der Waals surface area contributed by atoms with Crippen LogP contribution in [-0.4, -0.2) is 60.3 Å². The third-order valence-electron chi connectivity index (χ3n) is 5.60. The fraction of sp³-hybridized carbons (Fsp3) is 0.500. The highest BCUT2D eigenvalue weighted by Crippen LogP contribution is 2.42. The average Bonchev–Trinajstić information content (AvgIpc) is 3.38. The van der Waals surface area contributed by atoms with E-state index in [4.69, 9.17) is 9.68 Å². The van der Waals surface area contributed by atoms with Crippen LogP contribution in [0, 0.1) is 0 Å². The van der Waals surface area contributed by atoms with E-state index in [1.807, 2.05) is 36.3 Å². The number of oxime groups is 2. The number of hydrogen-bond donors (Lipinski definition) is 1. The number of nitrogens with one attached hydrogen (secondary N) is 1. The van der Waals surface area contributed by atoms with Gasteiger partial charge in [0.15, 0.2) is 11.2 Å². The van der Waals surface area contributed by atoms with Crippen LogP contribution < -0.4 is 5.32 Å². The summed E-state index contributed by atoms with van der Waals surface area (Å²) in [5.41, 5.74) is 2.96. The normalized spacial score (nSPS) is 17.6. The van der Waals surface area contributed by atoms with E-state index in [9.17, 15) is 4.79 Å². The molecule has 184 valence electrons. The van der Waals surface area contributed by atoms with Gasteiger partial charge in [0.25, 0.3) is 5.91 Å². The maximum atomic E-state index is 12.2. The Morgan fingerprint density at radius 2 is 2.12 bits per heavy atom. The molecule has 1 amide bonds. The first-order valence-corrected chi connectivity index (χ1v) is 12.5. The second-order valence-electron chi connectivity index (χ2n) is 7.95. The van der Waals surface area contributed by atoms with Crippen molar-refractivity contribution in [3.05, 3.63) is 46.0 Å². The molecule has 1 aromatic carbocycles. The van der Waals surface area contributed by atoms with Crippen molar-refractivity contribution in [3.63, 3.8) is 0 Å². The van der Waals surface area contributed by atoms with E-state index in [2.05, 4.69) is 44.5 Å². The molecule has 34 heavy (non-hydrogen) atoms. The van der Waals surface area contributed by atoms with E-state index >= 15 is 0 Å². The summed E-state index contributed by atoms with van der Waals surface area (Å²) < 4.78 is 0. The molecule has 1 atom stereocenters. The fourth-order valence-electron chi connectivity index (χ4n) is 3.79. The molecular formula is C24H34N6O3S. The minimum Gasteiger partial charge on any atom is -0.398 e. The number of unbranched alkanes of at least 4 members (excludes halogenated alkanes) is 3. The molecule has 0 bridgehead atoms. The van der Waals surface area contributed by atoms with Crippen molar-refractivity contribution in [2.75, 3.05) is 20.7 Å². The molecule has 0 saturated heterocycles. The molecule has 0 aromatic heterocycles. The van der Waals surface area contributed by atoms with Gasteiger partial charge in [-0.3, -0.25) is 4.79 Å². The first-order valence-electron chi connectivity index (χ1n) is 11.6.